The number of aliphatic carboxylic acids is 1. The van der Waals surface area contributed by atoms with Gasteiger partial charge in [0.15, 0.2) is 0 Å². The van der Waals surface area contributed by atoms with Gasteiger partial charge in [0.1, 0.15) is 11.9 Å². The van der Waals surface area contributed by atoms with Crippen molar-refractivity contribution in [3.63, 3.8) is 0 Å². The third kappa shape index (κ3) is 5.88. The maximum Gasteiger partial charge on any atom is 0.326 e. The number of rotatable bonds is 7. The molecular formula is C14H16FNO3S. The Morgan fingerprint density at radius 2 is 2.05 bits per heavy atom. The van der Waals surface area contributed by atoms with Crippen molar-refractivity contribution in [2.75, 3.05) is 12.0 Å². The highest BCUT2D eigenvalue weighted by molar-refractivity contribution is 7.98. The molecule has 0 unspecified atom stereocenters. The van der Waals surface area contributed by atoms with E-state index >= 15 is 0 Å². The van der Waals surface area contributed by atoms with Gasteiger partial charge in [-0.05, 0) is 42.2 Å². The van der Waals surface area contributed by atoms with Crippen molar-refractivity contribution in [2.24, 2.45) is 0 Å². The van der Waals surface area contributed by atoms with Gasteiger partial charge < -0.3 is 10.4 Å². The third-order valence-corrected chi connectivity index (χ3v) is 3.17. The molecule has 0 saturated heterocycles. The predicted octanol–water partition coefficient (Wildman–Crippen LogP) is 2.16. The molecule has 0 saturated carbocycles. The van der Waals surface area contributed by atoms with E-state index in [9.17, 15) is 14.0 Å². The van der Waals surface area contributed by atoms with Crippen molar-refractivity contribution in [1.29, 1.82) is 0 Å². The summed E-state index contributed by atoms with van der Waals surface area (Å²) in [5.74, 6) is -1.24. The van der Waals surface area contributed by atoms with Crippen molar-refractivity contribution in [1.82, 2.24) is 5.32 Å². The highest BCUT2D eigenvalue weighted by Gasteiger charge is 2.17. The summed E-state index contributed by atoms with van der Waals surface area (Å²) in [6.07, 6.45) is 4.98. The monoisotopic (exact) mass is 297 g/mol. The fourth-order valence-corrected chi connectivity index (χ4v) is 1.93. The fraction of sp³-hybridized carbons (Fsp3) is 0.286. The highest BCUT2D eigenvalue weighted by atomic mass is 32.2. The molecule has 4 nitrogen and oxygen atoms in total. The Bertz CT molecular complexity index is 488. The molecule has 0 heterocycles. The fourth-order valence-electron chi connectivity index (χ4n) is 1.46. The molecule has 1 amide bonds. The summed E-state index contributed by atoms with van der Waals surface area (Å²) in [6, 6.07) is 4.74. The minimum atomic E-state index is -1.05. The van der Waals surface area contributed by atoms with Crippen LogP contribution < -0.4 is 5.32 Å². The van der Waals surface area contributed by atoms with E-state index in [2.05, 4.69) is 5.32 Å². The molecule has 1 aromatic carbocycles. The van der Waals surface area contributed by atoms with Gasteiger partial charge in [-0.3, -0.25) is 4.79 Å². The smallest absolute Gasteiger partial charge is 0.326 e. The van der Waals surface area contributed by atoms with E-state index < -0.39 is 17.9 Å². The van der Waals surface area contributed by atoms with E-state index in [4.69, 9.17) is 5.11 Å². The number of hydrogen-bond donors (Lipinski definition) is 2. The minimum Gasteiger partial charge on any atom is -0.480 e. The molecule has 1 aromatic rings. The SMILES string of the molecule is CSCC[C@H](NC(=O)/C=C/c1ccc(F)cc1)C(=O)O. The van der Waals surface area contributed by atoms with E-state index in [-0.39, 0.29) is 5.82 Å². The molecule has 0 aromatic heterocycles. The van der Waals surface area contributed by atoms with Gasteiger partial charge in [-0.15, -0.1) is 0 Å². The number of thioether (sulfide) groups is 1. The van der Waals surface area contributed by atoms with Crippen LogP contribution in [-0.2, 0) is 9.59 Å². The summed E-state index contributed by atoms with van der Waals surface area (Å²) in [6.45, 7) is 0. The number of carbonyl (C=O) groups is 2. The number of halogens is 1. The number of hydrogen-bond acceptors (Lipinski definition) is 3. The lowest BCUT2D eigenvalue weighted by Gasteiger charge is -2.12. The first-order chi connectivity index (χ1) is 9.52. The summed E-state index contributed by atoms with van der Waals surface area (Å²) in [5.41, 5.74) is 0.664. The second-order valence-corrected chi connectivity index (χ2v) is 5.05. The van der Waals surface area contributed by atoms with Crippen LogP contribution in [0.3, 0.4) is 0 Å². The lowest BCUT2D eigenvalue weighted by molar-refractivity contribution is -0.141. The molecule has 0 bridgehead atoms. The minimum absolute atomic E-state index is 0.352. The molecule has 0 fully saturated rings. The second kappa shape index (κ2) is 8.37. The molecule has 1 rings (SSSR count). The number of carboxylic acid groups (broad SMARTS) is 1. The zero-order valence-electron chi connectivity index (χ0n) is 11.0. The highest BCUT2D eigenvalue weighted by Crippen LogP contribution is 2.05. The Morgan fingerprint density at radius 1 is 1.40 bits per heavy atom. The number of benzene rings is 1. The second-order valence-electron chi connectivity index (χ2n) is 4.07. The first-order valence-corrected chi connectivity index (χ1v) is 7.38. The van der Waals surface area contributed by atoms with Crippen LogP contribution in [0.2, 0.25) is 0 Å². The maximum absolute atomic E-state index is 12.7. The average Bonchev–Trinajstić information content (AvgIpc) is 2.42. The predicted molar refractivity (Wildman–Crippen MR) is 78.0 cm³/mol. The van der Waals surface area contributed by atoms with Gasteiger partial charge in [-0.25, -0.2) is 9.18 Å². The van der Waals surface area contributed by atoms with Crippen molar-refractivity contribution in [3.8, 4) is 0 Å². The van der Waals surface area contributed by atoms with Crippen molar-refractivity contribution < 1.29 is 19.1 Å². The van der Waals surface area contributed by atoms with Crippen LogP contribution in [0.25, 0.3) is 6.08 Å². The third-order valence-electron chi connectivity index (χ3n) is 2.52. The average molecular weight is 297 g/mol. The standard InChI is InChI=1S/C14H16FNO3S/c1-20-9-8-12(14(18)19)16-13(17)7-4-10-2-5-11(15)6-3-10/h2-7,12H,8-9H2,1H3,(H,16,17)(H,18,19)/b7-4+/t12-/m0/s1. The number of carboxylic acids is 1. The molecular weight excluding hydrogens is 281 g/mol. The van der Waals surface area contributed by atoms with E-state index in [0.717, 1.165) is 0 Å². The Morgan fingerprint density at radius 3 is 2.60 bits per heavy atom. The van der Waals surface area contributed by atoms with Gasteiger partial charge >= 0.3 is 5.97 Å². The lowest BCUT2D eigenvalue weighted by atomic mass is 10.2. The first kappa shape index (κ1) is 16.2. The van der Waals surface area contributed by atoms with Crippen LogP contribution in [0.4, 0.5) is 4.39 Å². The topological polar surface area (TPSA) is 66.4 Å². The molecule has 0 aliphatic rings. The molecule has 20 heavy (non-hydrogen) atoms. The van der Waals surface area contributed by atoms with Crippen LogP contribution in [-0.4, -0.2) is 35.0 Å². The molecule has 0 radical (unpaired) electrons. The molecule has 0 aliphatic carbocycles. The molecule has 2 N–H and O–H groups in total. The van der Waals surface area contributed by atoms with Gasteiger partial charge in [-0.1, -0.05) is 12.1 Å². The summed E-state index contributed by atoms with van der Waals surface area (Å²) in [4.78, 5) is 22.6. The van der Waals surface area contributed by atoms with Crippen LogP contribution in [0.5, 0.6) is 0 Å². The zero-order chi connectivity index (χ0) is 15.0. The zero-order valence-corrected chi connectivity index (χ0v) is 11.8. The first-order valence-electron chi connectivity index (χ1n) is 5.99. The Labute approximate surface area is 121 Å². The molecule has 1 atom stereocenters. The van der Waals surface area contributed by atoms with Crippen LogP contribution >= 0.6 is 11.8 Å². The Kier molecular flexibility index (Phi) is 6.79. The number of amides is 1. The van der Waals surface area contributed by atoms with Crippen molar-refractivity contribution in [2.45, 2.75) is 12.5 Å². The summed E-state index contributed by atoms with van der Waals surface area (Å²) >= 11 is 1.52. The number of nitrogens with one attached hydrogen (secondary N) is 1. The van der Waals surface area contributed by atoms with Gasteiger partial charge in [0.25, 0.3) is 0 Å². The van der Waals surface area contributed by atoms with E-state index in [1.807, 2.05) is 6.26 Å². The van der Waals surface area contributed by atoms with E-state index in [1.54, 1.807) is 0 Å². The van der Waals surface area contributed by atoms with E-state index in [1.165, 1.54) is 48.2 Å². The largest absolute Gasteiger partial charge is 0.480 e. The van der Waals surface area contributed by atoms with Gasteiger partial charge in [0.05, 0.1) is 0 Å². The van der Waals surface area contributed by atoms with Gasteiger partial charge in [-0.2, -0.15) is 11.8 Å². The summed E-state index contributed by atoms with van der Waals surface area (Å²) < 4.78 is 12.7. The summed E-state index contributed by atoms with van der Waals surface area (Å²) in [7, 11) is 0. The molecule has 0 spiro atoms. The van der Waals surface area contributed by atoms with Gasteiger partial charge in [0, 0.05) is 6.08 Å². The Balaban J connectivity index is 2.56. The molecule has 6 heteroatoms. The van der Waals surface area contributed by atoms with E-state index in [0.29, 0.717) is 17.7 Å². The van der Waals surface area contributed by atoms with Crippen LogP contribution in [0, 0.1) is 5.82 Å². The molecule has 108 valence electrons. The summed E-state index contributed by atoms with van der Waals surface area (Å²) in [5, 5.41) is 11.4. The molecule has 0 aliphatic heterocycles. The normalized spacial score (nSPS) is 12.3. The quantitative estimate of drug-likeness (QED) is 0.757. The van der Waals surface area contributed by atoms with Crippen LogP contribution in [0.15, 0.2) is 30.3 Å². The van der Waals surface area contributed by atoms with Gasteiger partial charge in [0.2, 0.25) is 5.91 Å². The number of carbonyl (C=O) groups excluding carboxylic acids is 1. The lowest BCUT2D eigenvalue weighted by Crippen LogP contribution is -2.40. The van der Waals surface area contributed by atoms with Crippen molar-refractivity contribution in [3.05, 3.63) is 41.7 Å². The Hall–Kier alpha value is -1.82. The van der Waals surface area contributed by atoms with Crippen LogP contribution in [0.1, 0.15) is 12.0 Å². The maximum atomic E-state index is 12.7. The van der Waals surface area contributed by atoms with Crippen molar-refractivity contribution >= 4 is 29.7 Å².